The van der Waals surface area contributed by atoms with E-state index in [1.54, 1.807) is 0 Å². The van der Waals surface area contributed by atoms with Crippen LogP contribution < -0.4 is 10.2 Å². The van der Waals surface area contributed by atoms with Gasteiger partial charge in [0, 0.05) is 49.6 Å². The van der Waals surface area contributed by atoms with Gasteiger partial charge < -0.3 is 10.2 Å². The molecule has 110 valence electrons. The highest BCUT2D eigenvalue weighted by Crippen LogP contribution is 2.44. The Morgan fingerprint density at radius 1 is 1.15 bits per heavy atom. The average Bonchev–Trinajstić information content (AvgIpc) is 3.38. The van der Waals surface area contributed by atoms with Crippen LogP contribution in [-0.2, 0) is 6.54 Å². The van der Waals surface area contributed by atoms with E-state index >= 15 is 0 Å². The van der Waals surface area contributed by atoms with Gasteiger partial charge in [-0.1, -0.05) is 0 Å². The van der Waals surface area contributed by atoms with Crippen LogP contribution in [0.3, 0.4) is 0 Å². The van der Waals surface area contributed by atoms with Crippen molar-refractivity contribution in [1.29, 1.82) is 0 Å². The van der Waals surface area contributed by atoms with E-state index in [0.29, 0.717) is 0 Å². The van der Waals surface area contributed by atoms with Crippen molar-refractivity contribution in [3.05, 3.63) is 10.6 Å². The minimum Gasteiger partial charge on any atom is -0.346 e. The molecule has 4 nitrogen and oxygen atoms in total. The van der Waals surface area contributed by atoms with Crippen LogP contribution in [0.2, 0.25) is 0 Å². The molecule has 3 aliphatic rings. The molecule has 0 aromatic carbocycles. The molecule has 0 bridgehead atoms. The summed E-state index contributed by atoms with van der Waals surface area (Å²) in [6.07, 6.45) is 5.54. The number of piperazine rings is 1. The first-order valence-electron chi connectivity index (χ1n) is 7.98. The number of hydrogen-bond acceptors (Lipinski definition) is 5. The van der Waals surface area contributed by atoms with Crippen LogP contribution >= 0.6 is 11.3 Å². The smallest absolute Gasteiger partial charge is 0.185 e. The predicted octanol–water partition coefficient (Wildman–Crippen LogP) is 2.02. The second kappa shape index (κ2) is 5.28. The molecule has 1 N–H and O–H groups in total. The Labute approximate surface area is 125 Å². The third-order valence-corrected chi connectivity index (χ3v) is 5.80. The lowest BCUT2D eigenvalue weighted by atomic mass is 10.2. The number of hydrogen-bond donors (Lipinski definition) is 1. The molecule has 1 saturated heterocycles. The molecule has 0 amide bonds. The normalized spacial score (nSPS) is 24.4. The molecule has 1 aliphatic heterocycles. The SMILES string of the molecule is CNCc1sc(N2CCN(C3CC3)CC2)nc1C1CC1. The summed E-state index contributed by atoms with van der Waals surface area (Å²) >= 11 is 1.92. The number of aromatic nitrogens is 1. The Balaban J connectivity index is 1.46. The van der Waals surface area contributed by atoms with Crippen LogP contribution in [0.15, 0.2) is 0 Å². The lowest BCUT2D eigenvalue weighted by Crippen LogP contribution is -2.47. The molecule has 0 atom stereocenters. The van der Waals surface area contributed by atoms with Crippen molar-refractivity contribution >= 4 is 16.5 Å². The van der Waals surface area contributed by atoms with Gasteiger partial charge >= 0.3 is 0 Å². The standard InChI is InChI=1S/C15H24N4S/c1-16-10-13-14(11-2-3-11)17-15(20-13)19-8-6-18(7-9-19)12-4-5-12/h11-12,16H,2-10H2,1H3. The number of anilines is 1. The quantitative estimate of drug-likeness (QED) is 0.900. The number of nitrogens with one attached hydrogen (secondary N) is 1. The Bertz CT molecular complexity index is 470. The van der Waals surface area contributed by atoms with Gasteiger partial charge in [0.15, 0.2) is 5.13 Å². The number of thiazole rings is 1. The van der Waals surface area contributed by atoms with Crippen LogP contribution in [-0.4, -0.2) is 49.2 Å². The van der Waals surface area contributed by atoms with Gasteiger partial charge in [0.1, 0.15) is 0 Å². The van der Waals surface area contributed by atoms with Crippen LogP contribution in [0.1, 0.15) is 42.2 Å². The van der Waals surface area contributed by atoms with Crippen LogP contribution in [0.4, 0.5) is 5.13 Å². The second-order valence-corrected chi connectivity index (χ2v) is 7.43. The molecule has 4 rings (SSSR count). The topological polar surface area (TPSA) is 31.4 Å². The molecular weight excluding hydrogens is 268 g/mol. The Hall–Kier alpha value is -0.650. The summed E-state index contributed by atoms with van der Waals surface area (Å²) in [6.45, 7) is 5.75. The molecule has 3 fully saturated rings. The molecule has 0 spiro atoms. The van der Waals surface area contributed by atoms with E-state index in [1.165, 1.54) is 54.5 Å². The zero-order chi connectivity index (χ0) is 13.5. The lowest BCUT2D eigenvalue weighted by molar-refractivity contribution is 0.248. The lowest BCUT2D eigenvalue weighted by Gasteiger charge is -2.34. The first-order chi connectivity index (χ1) is 9.85. The van der Waals surface area contributed by atoms with Crippen LogP contribution in [0, 0.1) is 0 Å². The van der Waals surface area contributed by atoms with Gasteiger partial charge in [0.2, 0.25) is 0 Å². The maximum Gasteiger partial charge on any atom is 0.185 e. The fraction of sp³-hybridized carbons (Fsp3) is 0.800. The Kier molecular flexibility index (Phi) is 3.44. The number of nitrogens with zero attached hydrogens (tertiary/aromatic N) is 3. The minimum absolute atomic E-state index is 0.760. The summed E-state index contributed by atoms with van der Waals surface area (Å²) in [5.41, 5.74) is 1.39. The average molecular weight is 292 g/mol. The van der Waals surface area contributed by atoms with Gasteiger partial charge in [-0.05, 0) is 32.7 Å². The highest BCUT2D eigenvalue weighted by molar-refractivity contribution is 7.15. The summed E-state index contributed by atoms with van der Waals surface area (Å²) < 4.78 is 0. The summed E-state index contributed by atoms with van der Waals surface area (Å²) in [5, 5.41) is 4.57. The van der Waals surface area contributed by atoms with Crippen molar-refractivity contribution in [3.8, 4) is 0 Å². The summed E-state index contributed by atoms with van der Waals surface area (Å²) in [4.78, 5) is 11.6. The molecule has 1 aromatic rings. The van der Waals surface area contributed by atoms with Crippen molar-refractivity contribution < 1.29 is 0 Å². The van der Waals surface area contributed by atoms with Crippen molar-refractivity contribution in [3.63, 3.8) is 0 Å². The van der Waals surface area contributed by atoms with E-state index in [0.717, 1.165) is 31.6 Å². The molecular formula is C15H24N4S. The maximum absolute atomic E-state index is 4.99. The van der Waals surface area contributed by atoms with Gasteiger partial charge in [-0.25, -0.2) is 4.98 Å². The maximum atomic E-state index is 4.99. The molecule has 2 saturated carbocycles. The molecule has 2 heterocycles. The zero-order valence-corrected chi connectivity index (χ0v) is 13.1. The predicted molar refractivity (Wildman–Crippen MR) is 83.7 cm³/mol. The van der Waals surface area contributed by atoms with E-state index in [1.807, 2.05) is 18.4 Å². The van der Waals surface area contributed by atoms with E-state index in [9.17, 15) is 0 Å². The summed E-state index contributed by atoms with van der Waals surface area (Å²) in [5.74, 6) is 0.760. The van der Waals surface area contributed by atoms with Crippen LogP contribution in [0.5, 0.6) is 0 Å². The highest BCUT2D eigenvalue weighted by Gasteiger charge is 2.33. The second-order valence-electron chi connectivity index (χ2n) is 6.36. The van der Waals surface area contributed by atoms with E-state index < -0.39 is 0 Å². The molecule has 1 aromatic heterocycles. The fourth-order valence-electron chi connectivity index (χ4n) is 3.17. The summed E-state index contributed by atoms with van der Waals surface area (Å²) in [6, 6.07) is 0.912. The van der Waals surface area contributed by atoms with E-state index in [4.69, 9.17) is 4.98 Å². The highest BCUT2D eigenvalue weighted by atomic mass is 32.1. The molecule has 20 heavy (non-hydrogen) atoms. The van der Waals surface area contributed by atoms with Crippen molar-refractivity contribution in [1.82, 2.24) is 15.2 Å². The van der Waals surface area contributed by atoms with Gasteiger partial charge in [-0.3, -0.25) is 4.90 Å². The van der Waals surface area contributed by atoms with Crippen LogP contribution in [0.25, 0.3) is 0 Å². The largest absolute Gasteiger partial charge is 0.346 e. The van der Waals surface area contributed by atoms with Gasteiger partial charge in [0.05, 0.1) is 5.69 Å². The van der Waals surface area contributed by atoms with E-state index in [2.05, 4.69) is 15.1 Å². The molecule has 0 unspecified atom stereocenters. The third-order valence-electron chi connectivity index (χ3n) is 4.67. The van der Waals surface area contributed by atoms with Gasteiger partial charge in [-0.2, -0.15) is 0 Å². The zero-order valence-electron chi connectivity index (χ0n) is 12.3. The molecule has 0 radical (unpaired) electrons. The summed E-state index contributed by atoms with van der Waals surface area (Å²) in [7, 11) is 2.03. The third kappa shape index (κ3) is 2.59. The Morgan fingerprint density at radius 2 is 1.90 bits per heavy atom. The van der Waals surface area contributed by atoms with Crippen molar-refractivity contribution in [2.45, 2.75) is 44.2 Å². The van der Waals surface area contributed by atoms with Gasteiger partial charge in [0.25, 0.3) is 0 Å². The fourth-order valence-corrected chi connectivity index (χ4v) is 4.38. The van der Waals surface area contributed by atoms with Crippen molar-refractivity contribution in [2.75, 3.05) is 38.1 Å². The first kappa shape index (κ1) is 13.0. The van der Waals surface area contributed by atoms with Crippen molar-refractivity contribution in [2.24, 2.45) is 0 Å². The first-order valence-corrected chi connectivity index (χ1v) is 8.80. The monoisotopic (exact) mass is 292 g/mol. The van der Waals surface area contributed by atoms with Gasteiger partial charge in [-0.15, -0.1) is 11.3 Å². The van der Waals surface area contributed by atoms with E-state index in [-0.39, 0.29) is 0 Å². The number of rotatable bonds is 5. The Morgan fingerprint density at radius 3 is 2.50 bits per heavy atom. The minimum atomic E-state index is 0.760. The molecule has 5 heteroatoms. The molecule has 2 aliphatic carbocycles.